The Hall–Kier alpha value is -2.73. The molecule has 3 rings (SSSR count). The summed E-state index contributed by atoms with van der Waals surface area (Å²) in [6.07, 6.45) is 0. The molecule has 0 spiro atoms. The van der Waals surface area contributed by atoms with Crippen molar-refractivity contribution < 1.29 is 18.8 Å². The minimum absolute atomic E-state index is 0.252. The Balaban J connectivity index is 2.06. The predicted molar refractivity (Wildman–Crippen MR) is 68.7 cm³/mol. The monoisotopic (exact) mass is 272 g/mol. The van der Waals surface area contributed by atoms with Gasteiger partial charge in [0.2, 0.25) is 5.89 Å². The van der Waals surface area contributed by atoms with Gasteiger partial charge in [-0.15, -0.1) is 0 Å². The summed E-state index contributed by atoms with van der Waals surface area (Å²) >= 11 is 0. The number of aromatic nitrogens is 1. The fourth-order valence-electron chi connectivity index (χ4n) is 1.85. The fourth-order valence-corrected chi connectivity index (χ4v) is 1.85. The lowest BCUT2D eigenvalue weighted by Gasteiger charge is -1.96. The van der Waals surface area contributed by atoms with E-state index < -0.39 is 5.91 Å². The molecule has 3 aromatic rings. The van der Waals surface area contributed by atoms with Gasteiger partial charge >= 0.3 is 0 Å². The van der Waals surface area contributed by atoms with E-state index in [4.69, 9.17) is 9.62 Å². The Morgan fingerprint density at radius 1 is 1.20 bits per heavy atom. The van der Waals surface area contributed by atoms with Gasteiger partial charge in [-0.1, -0.05) is 0 Å². The van der Waals surface area contributed by atoms with Crippen molar-refractivity contribution in [2.45, 2.75) is 0 Å². The molecule has 2 N–H and O–H groups in total. The molecule has 0 aliphatic rings. The third kappa shape index (κ3) is 2.12. The van der Waals surface area contributed by atoms with E-state index in [9.17, 15) is 9.18 Å². The first-order chi connectivity index (χ1) is 9.67. The van der Waals surface area contributed by atoms with E-state index >= 15 is 0 Å². The van der Waals surface area contributed by atoms with Crippen LogP contribution in [0, 0.1) is 5.82 Å². The molecule has 0 aliphatic heterocycles. The smallest absolute Gasteiger partial charge is 0.274 e. The number of nitrogens with zero attached hydrogens (tertiary/aromatic N) is 1. The van der Waals surface area contributed by atoms with Gasteiger partial charge in [0.1, 0.15) is 11.3 Å². The quantitative estimate of drug-likeness (QED) is 0.555. The summed E-state index contributed by atoms with van der Waals surface area (Å²) in [6.45, 7) is 0. The number of amides is 1. The van der Waals surface area contributed by atoms with Crippen LogP contribution in [0.3, 0.4) is 0 Å². The van der Waals surface area contributed by atoms with Crippen LogP contribution in [0.15, 0.2) is 46.9 Å². The molecular weight excluding hydrogens is 263 g/mol. The van der Waals surface area contributed by atoms with Gasteiger partial charge in [0.15, 0.2) is 5.58 Å². The van der Waals surface area contributed by atoms with E-state index in [0.717, 1.165) is 0 Å². The lowest BCUT2D eigenvalue weighted by atomic mass is 10.2. The number of fused-ring (bicyclic) bond motifs is 1. The highest BCUT2D eigenvalue weighted by Crippen LogP contribution is 2.25. The molecule has 0 radical (unpaired) electrons. The molecule has 100 valence electrons. The zero-order chi connectivity index (χ0) is 14.1. The SMILES string of the molecule is O=C(NO)c1ccc2nc(-c3ccc(F)cc3)oc2c1. The lowest BCUT2D eigenvalue weighted by Crippen LogP contribution is -2.18. The van der Waals surface area contributed by atoms with Gasteiger partial charge in [0, 0.05) is 11.1 Å². The molecule has 2 aromatic carbocycles. The van der Waals surface area contributed by atoms with Crippen LogP contribution in [0.5, 0.6) is 0 Å². The third-order valence-electron chi connectivity index (χ3n) is 2.84. The maximum atomic E-state index is 12.9. The first-order valence-corrected chi connectivity index (χ1v) is 5.78. The van der Waals surface area contributed by atoms with Gasteiger partial charge in [-0.3, -0.25) is 10.0 Å². The molecule has 0 bridgehead atoms. The molecule has 0 unspecified atom stereocenters. The first-order valence-electron chi connectivity index (χ1n) is 5.78. The van der Waals surface area contributed by atoms with Crippen LogP contribution in [-0.4, -0.2) is 16.1 Å². The second-order valence-electron chi connectivity index (χ2n) is 4.15. The molecule has 5 nitrogen and oxygen atoms in total. The third-order valence-corrected chi connectivity index (χ3v) is 2.84. The maximum Gasteiger partial charge on any atom is 0.274 e. The van der Waals surface area contributed by atoms with E-state index in [0.29, 0.717) is 22.6 Å². The van der Waals surface area contributed by atoms with Crippen LogP contribution in [0.1, 0.15) is 10.4 Å². The molecule has 1 heterocycles. The summed E-state index contributed by atoms with van der Waals surface area (Å²) in [5.74, 6) is -0.639. The molecule has 0 atom stereocenters. The second kappa shape index (κ2) is 4.75. The number of carbonyl (C=O) groups is 1. The Morgan fingerprint density at radius 2 is 1.95 bits per heavy atom. The van der Waals surface area contributed by atoms with Gasteiger partial charge in [-0.2, -0.15) is 0 Å². The average molecular weight is 272 g/mol. The number of rotatable bonds is 2. The summed E-state index contributed by atoms with van der Waals surface area (Å²) in [5.41, 5.74) is 3.41. The number of nitrogens with one attached hydrogen (secondary N) is 1. The van der Waals surface area contributed by atoms with E-state index in [1.54, 1.807) is 23.7 Å². The van der Waals surface area contributed by atoms with Crippen molar-refractivity contribution in [3.63, 3.8) is 0 Å². The molecule has 0 aliphatic carbocycles. The summed E-state index contributed by atoms with van der Waals surface area (Å²) < 4.78 is 18.4. The highest BCUT2D eigenvalue weighted by Gasteiger charge is 2.11. The fraction of sp³-hybridized carbons (Fsp3) is 0. The topological polar surface area (TPSA) is 75.4 Å². The molecule has 1 amide bonds. The summed E-state index contributed by atoms with van der Waals surface area (Å²) in [7, 11) is 0. The van der Waals surface area contributed by atoms with E-state index in [-0.39, 0.29) is 11.4 Å². The highest BCUT2D eigenvalue weighted by atomic mass is 19.1. The van der Waals surface area contributed by atoms with Crippen molar-refractivity contribution in [1.82, 2.24) is 10.5 Å². The number of benzene rings is 2. The van der Waals surface area contributed by atoms with Crippen LogP contribution < -0.4 is 5.48 Å². The Bertz CT molecular complexity index is 781. The highest BCUT2D eigenvalue weighted by molar-refractivity contribution is 5.96. The molecular formula is C14H9FN2O3. The van der Waals surface area contributed by atoms with Crippen LogP contribution in [0.2, 0.25) is 0 Å². The van der Waals surface area contributed by atoms with Gasteiger partial charge in [0.05, 0.1) is 0 Å². The number of halogens is 1. The standard InChI is InChI=1S/C14H9FN2O3/c15-10-4-1-8(2-5-10)14-16-11-6-3-9(13(18)17-19)7-12(11)20-14/h1-7,19H,(H,17,18). The van der Waals surface area contributed by atoms with Gasteiger partial charge in [-0.05, 0) is 42.5 Å². The van der Waals surface area contributed by atoms with Crippen LogP contribution in [-0.2, 0) is 0 Å². The van der Waals surface area contributed by atoms with Gasteiger partial charge in [0.25, 0.3) is 5.91 Å². The van der Waals surface area contributed by atoms with Crippen molar-refractivity contribution in [2.24, 2.45) is 0 Å². The zero-order valence-electron chi connectivity index (χ0n) is 10.1. The number of carbonyl (C=O) groups excluding carboxylic acids is 1. The van der Waals surface area contributed by atoms with Gasteiger partial charge < -0.3 is 4.42 Å². The minimum atomic E-state index is -0.633. The van der Waals surface area contributed by atoms with Crippen molar-refractivity contribution in [3.8, 4) is 11.5 Å². The number of hydrogen-bond donors (Lipinski definition) is 2. The largest absolute Gasteiger partial charge is 0.436 e. The molecule has 0 saturated heterocycles. The summed E-state index contributed by atoms with van der Waals surface area (Å²) in [6, 6.07) is 10.3. The van der Waals surface area contributed by atoms with Crippen LogP contribution >= 0.6 is 0 Å². The second-order valence-corrected chi connectivity index (χ2v) is 4.15. The zero-order valence-corrected chi connectivity index (χ0v) is 10.1. The van der Waals surface area contributed by atoms with Crippen molar-refractivity contribution >= 4 is 17.0 Å². The number of oxazole rings is 1. The Morgan fingerprint density at radius 3 is 2.65 bits per heavy atom. The summed E-state index contributed by atoms with van der Waals surface area (Å²) in [4.78, 5) is 15.6. The maximum absolute atomic E-state index is 12.9. The molecule has 20 heavy (non-hydrogen) atoms. The van der Waals surface area contributed by atoms with E-state index in [1.165, 1.54) is 24.3 Å². The van der Waals surface area contributed by atoms with Crippen molar-refractivity contribution in [3.05, 3.63) is 53.8 Å². The van der Waals surface area contributed by atoms with Gasteiger partial charge in [-0.25, -0.2) is 14.9 Å². The number of hydroxylamine groups is 1. The number of hydrogen-bond acceptors (Lipinski definition) is 4. The summed E-state index contributed by atoms with van der Waals surface area (Å²) in [5, 5.41) is 8.59. The van der Waals surface area contributed by atoms with Crippen molar-refractivity contribution in [1.29, 1.82) is 0 Å². The molecule has 6 heteroatoms. The lowest BCUT2D eigenvalue weighted by molar-refractivity contribution is 0.0706. The van der Waals surface area contributed by atoms with Crippen LogP contribution in [0.4, 0.5) is 4.39 Å². The minimum Gasteiger partial charge on any atom is -0.436 e. The molecule has 0 saturated carbocycles. The van der Waals surface area contributed by atoms with E-state index in [1.807, 2.05) is 0 Å². The first kappa shape index (κ1) is 12.3. The van der Waals surface area contributed by atoms with Crippen LogP contribution in [0.25, 0.3) is 22.6 Å². The Labute approximate surface area is 112 Å². The normalized spacial score (nSPS) is 10.7. The average Bonchev–Trinajstić information content (AvgIpc) is 2.90. The molecule has 1 aromatic heterocycles. The van der Waals surface area contributed by atoms with E-state index in [2.05, 4.69) is 4.98 Å². The Kier molecular flexibility index (Phi) is 2.92. The predicted octanol–water partition coefficient (Wildman–Crippen LogP) is 2.75. The van der Waals surface area contributed by atoms with Crippen molar-refractivity contribution in [2.75, 3.05) is 0 Å². The molecule has 0 fully saturated rings.